The van der Waals surface area contributed by atoms with Crippen LogP contribution in [0.1, 0.15) is 72.1 Å². The minimum Gasteiger partial charge on any atom is -0.366 e. The predicted octanol–water partition coefficient (Wildman–Crippen LogP) is 5.11. The molecule has 20 heavy (non-hydrogen) atoms. The standard InChI is InChI=1S/C19H30O/c1-13-11-19(8-5-6-9-19)16-18(4,20-16)10-7-15-14(13)12-17(15,2)3/h14-16H,1,5-12H2,2-4H3. The Labute approximate surface area is 124 Å². The van der Waals surface area contributed by atoms with Gasteiger partial charge in [0, 0.05) is 5.41 Å². The van der Waals surface area contributed by atoms with Gasteiger partial charge in [-0.2, -0.15) is 0 Å². The van der Waals surface area contributed by atoms with Crippen LogP contribution in [0.25, 0.3) is 0 Å². The Morgan fingerprint density at radius 3 is 2.45 bits per heavy atom. The quantitative estimate of drug-likeness (QED) is 0.442. The van der Waals surface area contributed by atoms with Gasteiger partial charge < -0.3 is 4.74 Å². The summed E-state index contributed by atoms with van der Waals surface area (Å²) < 4.78 is 6.30. The molecule has 4 fully saturated rings. The zero-order chi connectivity index (χ0) is 14.2. The lowest BCUT2D eigenvalue weighted by Gasteiger charge is -2.53. The summed E-state index contributed by atoms with van der Waals surface area (Å²) in [6.07, 6.45) is 11.4. The van der Waals surface area contributed by atoms with E-state index in [9.17, 15) is 0 Å². The van der Waals surface area contributed by atoms with E-state index < -0.39 is 0 Å². The Hall–Kier alpha value is -0.300. The van der Waals surface area contributed by atoms with Crippen LogP contribution in [0, 0.1) is 22.7 Å². The third kappa shape index (κ3) is 1.71. The molecule has 0 aromatic carbocycles. The molecule has 1 saturated heterocycles. The molecule has 1 aliphatic heterocycles. The van der Waals surface area contributed by atoms with Crippen molar-refractivity contribution in [2.75, 3.05) is 0 Å². The average Bonchev–Trinajstić information content (AvgIpc) is 2.83. The topological polar surface area (TPSA) is 12.5 Å². The molecule has 1 heterocycles. The Bertz CT molecular complexity index is 443. The summed E-state index contributed by atoms with van der Waals surface area (Å²) in [5, 5.41) is 0. The first-order valence-corrected chi connectivity index (χ1v) is 8.72. The third-order valence-corrected chi connectivity index (χ3v) is 7.33. The molecule has 4 atom stereocenters. The fraction of sp³-hybridized carbons (Fsp3) is 0.895. The molecule has 1 nitrogen and oxygen atoms in total. The van der Waals surface area contributed by atoms with Crippen molar-refractivity contribution in [3.63, 3.8) is 0 Å². The van der Waals surface area contributed by atoms with Gasteiger partial charge in [0.25, 0.3) is 0 Å². The summed E-state index contributed by atoms with van der Waals surface area (Å²) in [7, 11) is 0. The second-order valence-electron chi connectivity index (χ2n) is 9.16. The van der Waals surface area contributed by atoms with Gasteiger partial charge in [-0.25, -0.2) is 0 Å². The Morgan fingerprint density at radius 2 is 1.80 bits per heavy atom. The molecule has 3 saturated carbocycles. The summed E-state index contributed by atoms with van der Waals surface area (Å²) >= 11 is 0. The Balaban J connectivity index is 1.64. The van der Waals surface area contributed by atoms with Gasteiger partial charge in [-0.3, -0.25) is 0 Å². The van der Waals surface area contributed by atoms with Crippen LogP contribution in [0.4, 0.5) is 0 Å². The molecule has 4 unspecified atom stereocenters. The van der Waals surface area contributed by atoms with Crippen LogP contribution in [0.3, 0.4) is 0 Å². The highest BCUT2D eigenvalue weighted by Crippen LogP contribution is 2.65. The number of fused-ring (bicyclic) bond motifs is 3. The van der Waals surface area contributed by atoms with E-state index in [4.69, 9.17) is 4.74 Å². The van der Waals surface area contributed by atoms with Crippen LogP contribution in [0.15, 0.2) is 12.2 Å². The van der Waals surface area contributed by atoms with Crippen molar-refractivity contribution in [3.05, 3.63) is 12.2 Å². The largest absolute Gasteiger partial charge is 0.366 e. The van der Waals surface area contributed by atoms with Gasteiger partial charge >= 0.3 is 0 Å². The maximum absolute atomic E-state index is 6.30. The van der Waals surface area contributed by atoms with Crippen LogP contribution < -0.4 is 0 Å². The summed E-state index contributed by atoms with van der Waals surface area (Å²) in [6, 6.07) is 0. The highest BCUT2D eigenvalue weighted by molar-refractivity contribution is 5.22. The molecule has 4 rings (SSSR count). The van der Waals surface area contributed by atoms with E-state index in [0.29, 0.717) is 16.9 Å². The van der Waals surface area contributed by atoms with Crippen molar-refractivity contribution in [3.8, 4) is 0 Å². The lowest BCUT2D eigenvalue weighted by atomic mass is 9.52. The van der Waals surface area contributed by atoms with Crippen LogP contribution in [-0.4, -0.2) is 11.7 Å². The van der Waals surface area contributed by atoms with Gasteiger partial charge in [0.15, 0.2) is 0 Å². The van der Waals surface area contributed by atoms with Crippen molar-refractivity contribution in [1.82, 2.24) is 0 Å². The molecule has 1 spiro atoms. The zero-order valence-corrected chi connectivity index (χ0v) is 13.5. The third-order valence-electron chi connectivity index (χ3n) is 7.33. The second kappa shape index (κ2) is 3.91. The van der Waals surface area contributed by atoms with Gasteiger partial charge in [-0.15, -0.1) is 0 Å². The van der Waals surface area contributed by atoms with Crippen molar-refractivity contribution in [2.24, 2.45) is 22.7 Å². The summed E-state index contributed by atoms with van der Waals surface area (Å²) in [4.78, 5) is 0. The van der Waals surface area contributed by atoms with Gasteiger partial charge in [0.05, 0.1) is 11.7 Å². The summed E-state index contributed by atoms with van der Waals surface area (Å²) in [5.41, 5.74) is 2.75. The van der Waals surface area contributed by atoms with Crippen LogP contribution >= 0.6 is 0 Å². The smallest absolute Gasteiger partial charge is 0.0929 e. The normalized spacial score (nSPS) is 48.5. The fourth-order valence-corrected chi connectivity index (χ4v) is 6.10. The number of hydrogen-bond acceptors (Lipinski definition) is 1. The van der Waals surface area contributed by atoms with Crippen molar-refractivity contribution in [1.29, 1.82) is 0 Å². The Morgan fingerprint density at radius 1 is 1.10 bits per heavy atom. The van der Waals surface area contributed by atoms with E-state index in [1.807, 2.05) is 0 Å². The maximum atomic E-state index is 6.30. The molecule has 3 aliphatic carbocycles. The highest BCUT2D eigenvalue weighted by Gasteiger charge is 2.64. The van der Waals surface area contributed by atoms with Crippen LogP contribution in [0.2, 0.25) is 0 Å². The number of hydrogen-bond donors (Lipinski definition) is 0. The van der Waals surface area contributed by atoms with E-state index in [-0.39, 0.29) is 5.60 Å². The monoisotopic (exact) mass is 274 g/mol. The molecular weight excluding hydrogens is 244 g/mol. The zero-order valence-electron chi connectivity index (χ0n) is 13.5. The molecule has 0 amide bonds. The molecule has 0 bridgehead atoms. The Kier molecular flexibility index (Phi) is 2.61. The fourth-order valence-electron chi connectivity index (χ4n) is 6.10. The summed E-state index contributed by atoms with van der Waals surface area (Å²) in [5.74, 6) is 1.66. The van der Waals surface area contributed by atoms with E-state index in [1.54, 1.807) is 5.57 Å². The molecule has 112 valence electrons. The predicted molar refractivity (Wildman–Crippen MR) is 82.5 cm³/mol. The minimum absolute atomic E-state index is 0.200. The van der Waals surface area contributed by atoms with Gasteiger partial charge in [-0.05, 0) is 62.7 Å². The van der Waals surface area contributed by atoms with Crippen molar-refractivity contribution >= 4 is 0 Å². The van der Waals surface area contributed by atoms with Gasteiger partial charge in [0.1, 0.15) is 0 Å². The van der Waals surface area contributed by atoms with E-state index in [2.05, 4.69) is 27.4 Å². The molecular formula is C19H30O. The van der Waals surface area contributed by atoms with E-state index in [0.717, 1.165) is 11.8 Å². The van der Waals surface area contributed by atoms with E-state index >= 15 is 0 Å². The van der Waals surface area contributed by atoms with Gasteiger partial charge in [-0.1, -0.05) is 38.8 Å². The van der Waals surface area contributed by atoms with E-state index in [1.165, 1.54) is 51.4 Å². The number of allylic oxidation sites excluding steroid dienone is 1. The lowest BCUT2D eigenvalue weighted by molar-refractivity contribution is -0.00510. The molecule has 4 aliphatic rings. The first-order chi connectivity index (χ1) is 9.36. The SMILES string of the molecule is C=C1CC2(CCCC2)C2OC2(C)CCC2C1CC2(C)C. The molecule has 0 N–H and O–H groups in total. The summed E-state index contributed by atoms with van der Waals surface area (Å²) in [6.45, 7) is 11.8. The minimum atomic E-state index is 0.200. The first kappa shape index (κ1) is 13.4. The second-order valence-corrected chi connectivity index (χ2v) is 9.16. The average molecular weight is 274 g/mol. The molecule has 1 heteroatoms. The lowest BCUT2D eigenvalue weighted by Crippen LogP contribution is -2.45. The maximum Gasteiger partial charge on any atom is 0.0929 e. The highest BCUT2D eigenvalue weighted by atomic mass is 16.6. The molecule has 0 radical (unpaired) electrons. The van der Waals surface area contributed by atoms with Crippen molar-refractivity contribution < 1.29 is 4.74 Å². The number of ether oxygens (including phenoxy) is 1. The van der Waals surface area contributed by atoms with Crippen LogP contribution in [-0.2, 0) is 4.74 Å². The molecule has 0 aromatic rings. The van der Waals surface area contributed by atoms with Crippen LogP contribution in [0.5, 0.6) is 0 Å². The van der Waals surface area contributed by atoms with Gasteiger partial charge in [0.2, 0.25) is 0 Å². The first-order valence-electron chi connectivity index (χ1n) is 8.72. The molecule has 0 aromatic heterocycles. The van der Waals surface area contributed by atoms with Crippen molar-refractivity contribution in [2.45, 2.75) is 83.8 Å². The number of rotatable bonds is 0. The number of epoxide rings is 1.